The summed E-state index contributed by atoms with van der Waals surface area (Å²) in [4.78, 5) is 22.5. The Morgan fingerprint density at radius 1 is 1.14 bits per heavy atom. The van der Waals surface area contributed by atoms with Gasteiger partial charge in [-0.15, -0.1) is 0 Å². The van der Waals surface area contributed by atoms with Crippen LogP contribution in [0.3, 0.4) is 0 Å². The molecule has 2 aromatic heterocycles. The van der Waals surface area contributed by atoms with Crippen molar-refractivity contribution in [1.29, 1.82) is 0 Å². The molecule has 0 aliphatic carbocycles. The fourth-order valence-electron chi connectivity index (χ4n) is 2.70. The number of hydrogen-bond donors (Lipinski definition) is 1. The Bertz CT molecular complexity index is 915. The average Bonchev–Trinajstić information content (AvgIpc) is 3.15. The monoisotopic (exact) mass is 380 g/mol. The van der Waals surface area contributed by atoms with E-state index in [2.05, 4.69) is 15.1 Å². The van der Waals surface area contributed by atoms with Crippen molar-refractivity contribution >= 4 is 5.91 Å². The van der Waals surface area contributed by atoms with E-state index in [1.54, 1.807) is 57.6 Å². The SMILES string of the molecule is CN(Cc1nc(-c2ccncc2)no1)C(=O)c1ccc(CCC(C)(C)O)cc1. The summed E-state index contributed by atoms with van der Waals surface area (Å²) in [5.74, 6) is 0.705. The summed E-state index contributed by atoms with van der Waals surface area (Å²) in [6.07, 6.45) is 4.74. The Kier molecular flexibility index (Phi) is 5.84. The van der Waals surface area contributed by atoms with Crippen LogP contribution in [0.25, 0.3) is 11.4 Å². The highest BCUT2D eigenvalue weighted by molar-refractivity contribution is 5.94. The van der Waals surface area contributed by atoms with Gasteiger partial charge in [-0.25, -0.2) is 0 Å². The number of hydrogen-bond acceptors (Lipinski definition) is 6. The lowest BCUT2D eigenvalue weighted by Gasteiger charge is -2.17. The number of carbonyl (C=O) groups is 1. The Hall–Kier alpha value is -3.06. The van der Waals surface area contributed by atoms with Crippen LogP contribution in [0.2, 0.25) is 0 Å². The molecule has 7 nitrogen and oxygen atoms in total. The van der Waals surface area contributed by atoms with E-state index in [-0.39, 0.29) is 12.5 Å². The predicted molar refractivity (Wildman–Crippen MR) is 104 cm³/mol. The van der Waals surface area contributed by atoms with Crippen LogP contribution in [0.15, 0.2) is 53.3 Å². The van der Waals surface area contributed by atoms with Gasteiger partial charge in [0.2, 0.25) is 11.7 Å². The third-order valence-electron chi connectivity index (χ3n) is 4.35. The number of pyridine rings is 1. The highest BCUT2D eigenvalue weighted by Gasteiger charge is 2.17. The number of benzene rings is 1. The third-order valence-corrected chi connectivity index (χ3v) is 4.35. The minimum atomic E-state index is -0.700. The molecule has 7 heteroatoms. The second-order valence-electron chi connectivity index (χ2n) is 7.42. The Morgan fingerprint density at radius 3 is 2.46 bits per heavy atom. The molecule has 1 aromatic carbocycles. The smallest absolute Gasteiger partial charge is 0.254 e. The first-order valence-electron chi connectivity index (χ1n) is 9.11. The summed E-state index contributed by atoms with van der Waals surface area (Å²) in [5.41, 5.74) is 1.78. The van der Waals surface area contributed by atoms with Gasteiger partial charge in [0.25, 0.3) is 5.91 Å². The lowest BCUT2D eigenvalue weighted by molar-refractivity contribution is 0.0712. The zero-order chi connectivity index (χ0) is 20.1. The van der Waals surface area contributed by atoms with Crippen LogP contribution in [0.5, 0.6) is 0 Å². The number of amides is 1. The summed E-state index contributed by atoms with van der Waals surface area (Å²) in [5, 5.41) is 13.8. The number of rotatable bonds is 7. The fraction of sp³-hybridized carbons (Fsp3) is 0.333. The van der Waals surface area contributed by atoms with Gasteiger partial charge in [0, 0.05) is 30.6 Å². The van der Waals surface area contributed by atoms with Gasteiger partial charge in [-0.3, -0.25) is 9.78 Å². The highest BCUT2D eigenvalue weighted by atomic mass is 16.5. The molecular weight excluding hydrogens is 356 g/mol. The molecule has 1 N–H and O–H groups in total. The largest absolute Gasteiger partial charge is 0.390 e. The van der Waals surface area contributed by atoms with Crippen LogP contribution in [-0.2, 0) is 13.0 Å². The van der Waals surface area contributed by atoms with Crippen LogP contribution in [0, 0.1) is 0 Å². The molecule has 3 aromatic rings. The van der Waals surface area contributed by atoms with Crippen molar-refractivity contribution in [3.8, 4) is 11.4 Å². The van der Waals surface area contributed by atoms with Gasteiger partial charge in [-0.2, -0.15) is 4.98 Å². The van der Waals surface area contributed by atoms with Crippen LogP contribution in [0.4, 0.5) is 0 Å². The average molecular weight is 380 g/mol. The molecule has 1 amide bonds. The molecule has 0 bridgehead atoms. The molecule has 28 heavy (non-hydrogen) atoms. The summed E-state index contributed by atoms with van der Waals surface area (Å²) in [6.45, 7) is 3.80. The van der Waals surface area contributed by atoms with E-state index in [1.807, 2.05) is 12.1 Å². The van der Waals surface area contributed by atoms with Crippen molar-refractivity contribution in [2.24, 2.45) is 0 Å². The van der Waals surface area contributed by atoms with E-state index >= 15 is 0 Å². The van der Waals surface area contributed by atoms with Gasteiger partial charge in [0.15, 0.2) is 0 Å². The molecule has 0 fully saturated rings. The maximum Gasteiger partial charge on any atom is 0.254 e. The number of aromatic nitrogens is 3. The van der Waals surface area contributed by atoms with Crippen molar-refractivity contribution in [1.82, 2.24) is 20.0 Å². The standard InChI is InChI=1S/C21H24N4O3/c1-21(2,27)11-8-15-4-6-17(7-5-15)20(26)25(3)14-18-23-19(24-28-18)16-9-12-22-13-10-16/h4-7,9-10,12-13,27H,8,11,14H2,1-3H3. The summed E-state index contributed by atoms with van der Waals surface area (Å²) >= 11 is 0. The van der Waals surface area contributed by atoms with E-state index in [9.17, 15) is 9.90 Å². The maximum atomic E-state index is 12.6. The van der Waals surface area contributed by atoms with Crippen molar-refractivity contribution in [2.75, 3.05) is 7.05 Å². The molecule has 0 aliphatic heterocycles. The zero-order valence-electron chi connectivity index (χ0n) is 16.3. The van der Waals surface area contributed by atoms with Crippen LogP contribution in [0.1, 0.15) is 42.1 Å². The van der Waals surface area contributed by atoms with Crippen LogP contribution < -0.4 is 0 Å². The van der Waals surface area contributed by atoms with E-state index in [1.165, 1.54) is 4.90 Å². The van der Waals surface area contributed by atoms with Crippen molar-refractivity contribution in [3.05, 3.63) is 65.8 Å². The number of aryl methyl sites for hydroxylation is 1. The minimum Gasteiger partial charge on any atom is -0.390 e. The minimum absolute atomic E-state index is 0.127. The Labute approximate surface area is 164 Å². The number of carbonyl (C=O) groups excluding carboxylic acids is 1. The molecule has 0 atom stereocenters. The fourth-order valence-corrected chi connectivity index (χ4v) is 2.70. The second kappa shape index (κ2) is 8.31. The van der Waals surface area contributed by atoms with E-state index in [0.717, 1.165) is 17.5 Å². The zero-order valence-corrected chi connectivity index (χ0v) is 16.3. The van der Waals surface area contributed by atoms with Gasteiger partial charge in [-0.1, -0.05) is 17.3 Å². The van der Waals surface area contributed by atoms with Crippen molar-refractivity contribution < 1.29 is 14.4 Å². The van der Waals surface area contributed by atoms with Gasteiger partial charge >= 0.3 is 0 Å². The van der Waals surface area contributed by atoms with E-state index in [0.29, 0.717) is 23.7 Å². The molecule has 0 saturated carbocycles. The third kappa shape index (κ3) is 5.23. The molecule has 0 unspecified atom stereocenters. The summed E-state index contributed by atoms with van der Waals surface area (Å²) < 4.78 is 5.26. The Balaban J connectivity index is 1.61. The summed E-state index contributed by atoms with van der Waals surface area (Å²) in [6, 6.07) is 11.0. The van der Waals surface area contributed by atoms with Crippen LogP contribution in [-0.4, -0.2) is 43.7 Å². The molecule has 0 saturated heterocycles. The molecule has 0 spiro atoms. The molecular formula is C21H24N4O3. The summed E-state index contributed by atoms with van der Waals surface area (Å²) in [7, 11) is 1.70. The second-order valence-corrected chi connectivity index (χ2v) is 7.42. The Morgan fingerprint density at radius 2 is 1.82 bits per heavy atom. The molecule has 146 valence electrons. The lowest BCUT2D eigenvalue weighted by atomic mass is 9.98. The highest BCUT2D eigenvalue weighted by Crippen LogP contribution is 2.17. The van der Waals surface area contributed by atoms with Gasteiger partial charge < -0.3 is 14.5 Å². The first kappa shape index (κ1) is 19.7. The molecule has 2 heterocycles. The first-order valence-corrected chi connectivity index (χ1v) is 9.11. The lowest BCUT2D eigenvalue weighted by Crippen LogP contribution is -2.26. The maximum absolute atomic E-state index is 12.6. The normalized spacial score (nSPS) is 11.4. The van der Waals surface area contributed by atoms with Crippen LogP contribution >= 0.6 is 0 Å². The number of aliphatic hydroxyl groups is 1. The van der Waals surface area contributed by atoms with Gasteiger partial charge in [-0.05, 0) is 56.5 Å². The predicted octanol–water partition coefficient (Wildman–Crippen LogP) is 3.11. The topological polar surface area (TPSA) is 92.4 Å². The van der Waals surface area contributed by atoms with Crippen molar-refractivity contribution in [2.45, 2.75) is 38.8 Å². The van der Waals surface area contributed by atoms with E-state index < -0.39 is 5.60 Å². The molecule has 0 radical (unpaired) electrons. The molecule has 0 aliphatic rings. The molecule has 3 rings (SSSR count). The van der Waals surface area contributed by atoms with E-state index in [4.69, 9.17) is 4.52 Å². The van der Waals surface area contributed by atoms with Crippen molar-refractivity contribution in [3.63, 3.8) is 0 Å². The van der Waals surface area contributed by atoms with Gasteiger partial charge in [0.1, 0.15) is 0 Å². The first-order chi connectivity index (χ1) is 13.3. The van der Waals surface area contributed by atoms with Gasteiger partial charge in [0.05, 0.1) is 12.1 Å². The quantitative estimate of drug-likeness (QED) is 0.677. The number of nitrogens with zero attached hydrogens (tertiary/aromatic N) is 4.